The van der Waals surface area contributed by atoms with Gasteiger partial charge >= 0.3 is 5.97 Å². The number of nitrogens with one attached hydrogen (secondary N) is 4. The maximum Gasteiger partial charge on any atom is 0.328 e. The number of nitrogens with two attached hydrogens (primary N) is 3. The molecule has 0 radical (unpaired) electrons. The number of carboxylic acid groups (broad SMARTS) is 1. The van der Waals surface area contributed by atoms with Crippen molar-refractivity contribution in [1.82, 2.24) is 21.3 Å². The van der Waals surface area contributed by atoms with Gasteiger partial charge in [-0.05, 0) is 6.92 Å². The minimum absolute atomic E-state index is 0.667. The van der Waals surface area contributed by atoms with Gasteiger partial charge in [0.1, 0.15) is 18.1 Å². The molecule has 192 valence electrons. The lowest BCUT2D eigenvalue weighted by Gasteiger charge is -2.22. The highest BCUT2D eigenvalue weighted by molar-refractivity contribution is 5.96. The van der Waals surface area contributed by atoms with Crippen LogP contribution in [-0.4, -0.2) is 100 Å². The number of carbonyl (C=O) groups is 7. The molecule has 0 unspecified atom stereocenters. The summed E-state index contributed by atoms with van der Waals surface area (Å²) >= 11 is 0. The number of hydrogen-bond acceptors (Lipinski definition) is 10. The van der Waals surface area contributed by atoms with Crippen LogP contribution in [0.4, 0.5) is 0 Å². The van der Waals surface area contributed by atoms with E-state index in [1.807, 2.05) is 5.32 Å². The van der Waals surface area contributed by atoms with Crippen molar-refractivity contribution in [1.29, 1.82) is 0 Å². The molecule has 17 heteroatoms. The van der Waals surface area contributed by atoms with Crippen molar-refractivity contribution in [3.63, 3.8) is 0 Å². The Morgan fingerprint density at radius 3 is 1.74 bits per heavy atom. The van der Waals surface area contributed by atoms with Crippen LogP contribution in [0.25, 0.3) is 0 Å². The van der Waals surface area contributed by atoms with E-state index in [2.05, 4.69) is 16.0 Å². The summed E-state index contributed by atoms with van der Waals surface area (Å²) in [4.78, 5) is 82.0. The topological polar surface area (TPSA) is 306 Å². The number of aliphatic carboxylic acids is 1. The summed E-state index contributed by atoms with van der Waals surface area (Å²) in [5.41, 5.74) is 15.4. The van der Waals surface area contributed by atoms with Gasteiger partial charge in [-0.3, -0.25) is 28.8 Å². The molecule has 0 fully saturated rings. The standard InChI is InChI=1S/C17H29N7O10/c1-6(26)13(17(33)34)24-16(32)9(3-11(20)28)22-12(29)4-21-15(31)8(2-10(19)27)23-14(30)7(18)5-25/h6-9,13,25-26H,2-5,18H2,1H3,(H2,19,27)(H2,20,28)(H,21,31)(H,22,29)(H,23,30)(H,24,32)(H,33,34)/t6-,7+,8+,9+,13+/m1/s1. The molecular formula is C17H29N7O10. The predicted octanol–water partition coefficient (Wildman–Crippen LogP) is -6.91. The van der Waals surface area contributed by atoms with E-state index >= 15 is 0 Å². The van der Waals surface area contributed by atoms with Crippen molar-refractivity contribution in [3.8, 4) is 0 Å². The predicted molar refractivity (Wildman–Crippen MR) is 111 cm³/mol. The minimum Gasteiger partial charge on any atom is -0.480 e. The molecule has 0 aromatic heterocycles. The van der Waals surface area contributed by atoms with Gasteiger partial charge in [0, 0.05) is 0 Å². The first-order valence-electron chi connectivity index (χ1n) is 9.71. The highest BCUT2D eigenvalue weighted by Crippen LogP contribution is 1.99. The van der Waals surface area contributed by atoms with Gasteiger partial charge in [0.05, 0.1) is 32.1 Å². The quantitative estimate of drug-likeness (QED) is 0.103. The van der Waals surface area contributed by atoms with Gasteiger partial charge < -0.3 is 53.8 Å². The van der Waals surface area contributed by atoms with E-state index in [-0.39, 0.29) is 0 Å². The average Bonchev–Trinajstić information content (AvgIpc) is 2.72. The summed E-state index contributed by atoms with van der Waals surface area (Å²) in [6.45, 7) is -0.470. The van der Waals surface area contributed by atoms with E-state index in [1.54, 1.807) is 0 Å². The van der Waals surface area contributed by atoms with Crippen molar-refractivity contribution < 1.29 is 48.9 Å². The molecule has 0 aliphatic carbocycles. The van der Waals surface area contributed by atoms with Crippen LogP contribution in [0.2, 0.25) is 0 Å². The number of carbonyl (C=O) groups excluding carboxylic acids is 6. The molecular weight excluding hydrogens is 462 g/mol. The molecule has 0 aromatic carbocycles. The molecule has 17 nitrogen and oxygen atoms in total. The van der Waals surface area contributed by atoms with E-state index in [0.29, 0.717) is 0 Å². The minimum atomic E-state index is -1.75. The van der Waals surface area contributed by atoms with Crippen LogP contribution in [0.1, 0.15) is 19.8 Å². The largest absolute Gasteiger partial charge is 0.480 e. The van der Waals surface area contributed by atoms with E-state index in [1.165, 1.54) is 0 Å². The Labute approximate surface area is 192 Å². The van der Waals surface area contributed by atoms with Crippen molar-refractivity contribution >= 4 is 41.4 Å². The number of aliphatic hydroxyl groups is 2. The average molecular weight is 491 g/mol. The number of primary amides is 2. The summed E-state index contributed by atoms with van der Waals surface area (Å²) in [5, 5.41) is 35.5. The molecule has 0 heterocycles. The molecule has 5 atom stereocenters. The Balaban J connectivity index is 5.19. The van der Waals surface area contributed by atoms with Gasteiger partial charge in [0.2, 0.25) is 35.4 Å². The Bertz CT molecular complexity index is 804. The second kappa shape index (κ2) is 14.3. The molecule has 6 amide bonds. The van der Waals surface area contributed by atoms with Crippen LogP contribution in [0.5, 0.6) is 0 Å². The fourth-order valence-corrected chi connectivity index (χ4v) is 2.36. The normalized spacial score (nSPS) is 14.9. The van der Waals surface area contributed by atoms with Gasteiger partial charge in [0.15, 0.2) is 6.04 Å². The van der Waals surface area contributed by atoms with Crippen molar-refractivity contribution in [2.75, 3.05) is 13.2 Å². The van der Waals surface area contributed by atoms with E-state index in [4.69, 9.17) is 27.4 Å². The third-order valence-corrected chi connectivity index (χ3v) is 4.10. The number of rotatable bonds is 15. The van der Waals surface area contributed by atoms with Crippen LogP contribution in [0, 0.1) is 0 Å². The monoisotopic (exact) mass is 491 g/mol. The zero-order valence-electron chi connectivity index (χ0n) is 18.1. The van der Waals surface area contributed by atoms with Crippen molar-refractivity contribution in [3.05, 3.63) is 0 Å². The molecule has 0 aliphatic heterocycles. The van der Waals surface area contributed by atoms with Crippen molar-refractivity contribution in [2.45, 2.75) is 50.0 Å². The highest BCUT2D eigenvalue weighted by atomic mass is 16.4. The molecule has 0 rings (SSSR count). The summed E-state index contributed by atoms with van der Waals surface area (Å²) in [6.07, 6.45) is -2.92. The SMILES string of the molecule is C[C@@H](O)[C@H](NC(=O)[C@H](CC(N)=O)NC(=O)CNC(=O)[C@H](CC(N)=O)NC(=O)[C@@H](N)CO)C(=O)O. The Kier molecular flexibility index (Phi) is 12.7. The molecule has 13 N–H and O–H groups in total. The fraction of sp³-hybridized carbons (Fsp3) is 0.588. The first kappa shape index (κ1) is 30.2. The van der Waals surface area contributed by atoms with Gasteiger partial charge in [-0.25, -0.2) is 4.79 Å². The highest BCUT2D eigenvalue weighted by Gasteiger charge is 2.31. The van der Waals surface area contributed by atoms with Crippen LogP contribution >= 0.6 is 0 Å². The lowest BCUT2D eigenvalue weighted by atomic mass is 10.1. The van der Waals surface area contributed by atoms with Gasteiger partial charge in [-0.15, -0.1) is 0 Å². The Morgan fingerprint density at radius 2 is 1.32 bits per heavy atom. The van der Waals surface area contributed by atoms with E-state index in [9.17, 15) is 38.7 Å². The number of amides is 6. The summed E-state index contributed by atoms with van der Waals surface area (Å²) in [7, 11) is 0. The number of aliphatic hydroxyl groups excluding tert-OH is 2. The van der Waals surface area contributed by atoms with Crippen LogP contribution < -0.4 is 38.5 Å². The van der Waals surface area contributed by atoms with E-state index < -0.39 is 97.7 Å². The lowest BCUT2D eigenvalue weighted by Crippen LogP contribution is -2.57. The van der Waals surface area contributed by atoms with Crippen LogP contribution in [0.15, 0.2) is 0 Å². The smallest absolute Gasteiger partial charge is 0.328 e. The fourth-order valence-electron chi connectivity index (χ4n) is 2.36. The summed E-state index contributed by atoms with van der Waals surface area (Å²) in [5.74, 6) is -7.78. The van der Waals surface area contributed by atoms with Crippen LogP contribution in [0.3, 0.4) is 0 Å². The van der Waals surface area contributed by atoms with Crippen molar-refractivity contribution in [2.24, 2.45) is 17.2 Å². The third-order valence-electron chi connectivity index (χ3n) is 4.10. The first-order chi connectivity index (χ1) is 15.7. The lowest BCUT2D eigenvalue weighted by molar-refractivity contribution is -0.145. The molecule has 0 bridgehead atoms. The van der Waals surface area contributed by atoms with Crippen LogP contribution in [-0.2, 0) is 33.6 Å². The Hall–Kier alpha value is -3.83. The Morgan fingerprint density at radius 1 is 0.824 bits per heavy atom. The number of hydrogen-bond donors (Lipinski definition) is 10. The summed E-state index contributed by atoms with van der Waals surface area (Å²) in [6, 6.07) is -6.33. The van der Waals surface area contributed by atoms with E-state index in [0.717, 1.165) is 6.92 Å². The second-order valence-electron chi connectivity index (χ2n) is 7.09. The molecule has 0 aromatic rings. The maximum atomic E-state index is 12.3. The van der Waals surface area contributed by atoms with Gasteiger partial charge in [-0.2, -0.15) is 0 Å². The third kappa shape index (κ3) is 11.2. The van der Waals surface area contributed by atoms with Gasteiger partial charge in [-0.1, -0.05) is 0 Å². The zero-order chi connectivity index (χ0) is 26.6. The van der Waals surface area contributed by atoms with Gasteiger partial charge in [0.25, 0.3) is 0 Å². The summed E-state index contributed by atoms with van der Waals surface area (Å²) < 4.78 is 0. The maximum absolute atomic E-state index is 12.3. The molecule has 0 spiro atoms. The molecule has 34 heavy (non-hydrogen) atoms. The zero-order valence-corrected chi connectivity index (χ0v) is 18.1. The second-order valence-corrected chi connectivity index (χ2v) is 7.09. The number of carboxylic acids is 1. The molecule has 0 saturated heterocycles. The molecule has 0 saturated carbocycles. The first-order valence-corrected chi connectivity index (χ1v) is 9.71. The molecule has 0 aliphatic rings.